The highest BCUT2D eigenvalue weighted by Crippen LogP contribution is 2.23. The van der Waals surface area contributed by atoms with Crippen molar-refractivity contribution in [3.05, 3.63) is 29.3 Å². The topological polar surface area (TPSA) is 55.8 Å². The average Bonchev–Trinajstić information content (AvgIpc) is 2.16. The van der Waals surface area contributed by atoms with Crippen molar-refractivity contribution in [1.29, 1.82) is 0 Å². The van der Waals surface area contributed by atoms with Gasteiger partial charge < -0.3 is 14.6 Å². The summed E-state index contributed by atoms with van der Waals surface area (Å²) >= 11 is 0. The van der Waals surface area contributed by atoms with E-state index >= 15 is 0 Å². The molecule has 0 aliphatic heterocycles. The van der Waals surface area contributed by atoms with Gasteiger partial charge in [-0.05, 0) is 12.5 Å². The minimum absolute atomic E-state index is 0.0409. The van der Waals surface area contributed by atoms with Crippen LogP contribution in [0.3, 0.4) is 0 Å². The monoisotopic (exact) mass is 210 g/mol. The van der Waals surface area contributed by atoms with E-state index in [9.17, 15) is 4.79 Å². The number of carboxylic acid groups (broad SMARTS) is 1. The molecule has 0 spiro atoms. The van der Waals surface area contributed by atoms with Gasteiger partial charge in [-0.15, -0.1) is 0 Å². The first kappa shape index (κ1) is 11.5. The fraction of sp³-hybridized carbons (Fsp3) is 0.364. The van der Waals surface area contributed by atoms with Gasteiger partial charge in [0, 0.05) is 12.7 Å². The van der Waals surface area contributed by atoms with Gasteiger partial charge in [0.1, 0.15) is 5.75 Å². The summed E-state index contributed by atoms with van der Waals surface area (Å²) in [5.74, 6) is -0.274. The van der Waals surface area contributed by atoms with E-state index in [0.29, 0.717) is 11.3 Å². The van der Waals surface area contributed by atoms with Crippen LogP contribution in [0.1, 0.15) is 11.1 Å². The number of para-hydroxylation sites is 1. The largest absolute Gasteiger partial charge is 0.481 e. The normalized spacial score (nSPS) is 10.0. The van der Waals surface area contributed by atoms with Crippen molar-refractivity contribution in [3.63, 3.8) is 0 Å². The van der Waals surface area contributed by atoms with Gasteiger partial charge in [0.2, 0.25) is 0 Å². The van der Waals surface area contributed by atoms with Gasteiger partial charge in [-0.25, -0.2) is 0 Å². The molecule has 0 aliphatic carbocycles. The number of ether oxygens (including phenoxy) is 2. The average molecular weight is 210 g/mol. The maximum atomic E-state index is 10.6. The van der Waals surface area contributed by atoms with Gasteiger partial charge in [-0.3, -0.25) is 4.79 Å². The first-order valence-electron chi connectivity index (χ1n) is 4.57. The Hall–Kier alpha value is -1.55. The predicted octanol–water partition coefficient (Wildman–Crippen LogP) is 1.60. The van der Waals surface area contributed by atoms with Crippen LogP contribution in [0.5, 0.6) is 5.75 Å². The summed E-state index contributed by atoms with van der Waals surface area (Å²) in [7, 11) is 1.52. The van der Waals surface area contributed by atoms with Crippen LogP contribution < -0.4 is 4.74 Å². The van der Waals surface area contributed by atoms with E-state index in [4.69, 9.17) is 14.6 Å². The molecule has 0 aliphatic rings. The van der Waals surface area contributed by atoms with Gasteiger partial charge in [0.15, 0.2) is 6.79 Å². The van der Waals surface area contributed by atoms with Crippen LogP contribution in [0.4, 0.5) is 0 Å². The molecule has 0 fully saturated rings. The summed E-state index contributed by atoms with van der Waals surface area (Å²) in [6.07, 6.45) is -0.0409. The van der Waals surface area contributed by atoms with Crippen molar-refractivity contribution in [1.82, 2.24) is 0 Å². The molecule has 0 bridgehead atoms. The smallest absolute Gasteiger partial charge is 0.307 e. The molecule has 15 heavy (non-hydrogen) atoms. The molecule has 82 valence electrons. The molecule has 0 atom stereocenters. The third-order valence-corrected chi connectivity index (χ3v) is 1.96. The van der Waals surface area contributed by atoms with Gasteiger partial charge in [-0.1, -0.05) is 18.2 Å². The third kappa shape index (κ3) is 3.25. The number of carboxylic acids is 1. The second kappa shape index (κ2) is 5.36. The van der Waals surface area contributed by atoms with Crippen LogP contribution in [-0.2, 0) is 16.0 Å². The number of hydrogen-bond donors (Lipinski definition) is 1. The van der Waals surface area contributed by atoms with Crippen molar-refractivity contribution >= 4 is 5.97 Å². The Bertz CT molecular complexity index is 346. The Morgan fingerprint density at radius 2 is 2.20 bits per heavy atom. The van der Waals surface area contributed by atoms with Crippen LogP contribution in [-0.4, -0.2) is 25.0 Å². The summed E-state index contributed by atoms with van der Waals surface area (Å²) < 4.78 is 10.1. The fourth-order valence-corrected chi connectivity index (χ4v) is 1.34. The summed E-state index contributed by atoms with van der Waals surface area (Å²) in [4.78, 5) is 10.6. The molecule has 4 nitrogen and oxygen atoms in total. The summed E-state index contributed by atoms with van der Waals surface area (Å²) in [6.45, 7) is 1.99. The molecule has 0 saturated carbocycles. The van der Waals surface area contributed by atoms with Crippen molar-refractivity contribution in [2.45, 2.75) is 13.3 Å². The molecular weight excluding hydrogens is 196 g/mol. The van der Waals surface area contributed by atoms with Crippen LogP contribution in [0, 0.1) is 6.92 Å². The van der Waals surface area contributed by atoms with E-state index in [2.05, 4.69) is 0 Å². The Morgan fingerprint density at radius 1 is 1.47 bits per heavy atom. The second-order valence-electron chi connectivity index (χ2n) is 3.18. The molecule has 1 N–H and O–H groups in total. The number of benzene rings is 1. The standard InChI is InChI=1S/C11H14O4/c1-8-4-3-5-9(6-10(12)13)11(8)15-7-14-2/h3-5H,6-7H2,1-2H3,(H,12,13). The van der Waals surface area contributed by atoms with Crippen molar-refractivity contribution in [3.8, 4) is 5.75 Å². The van der Waals surface area contributed by atoms with Crippen LogP contribution >= 0.6 is 0 Å². The zero-order chi connectivity index (χ0) is 11.3. The lowest BCUT2D eigenvalue weighted by molar-refractivity contribution is -0.136. The molecule has 0 aromatic heterocycles. The van der Waals surface area contributed by atoms with E-state index in [-0.39, 0.29) is 13.2 Å². The van der Waals surface area contributed by atoms with E-state index < -0.39 is 5.97 Å². The predicted molar refractivity (Wildman–Crippen MR) is 55.0 cm³/mol. The Balaban J connectivity index is 2.92. The lowest BCUT2D eigenvalue weighted by Crippen LogP contribution is -2.07. The van der Waals surface area contributed by atoms with Crippen LogP contribution in [0.25, 0.3) is 0 Å². The highest BCUT2D eigenvalue weighted by molar-refractivity contribution is 5.71. The number of hydrogen-bond acceptors (Lipinski definition) is 3. The van der Waals surface area contributed by atoms with E-state index in [1.165, 1.54) is 7.11 Å². The zero-order valence-corrected chi connectivity index (χ0v) is 8.82. The Labute approximate surface area is 88.4 Å². The molecule has 0 unspecified atom stereocenters. The maximum Gasteiger partial charge on any atom is 0.307 e. The van der Waals surface area contributed by atoms with E-state index in [1.807, 2.05) is 19.1 Å². The number of rotatable bonds is 5. The SMILES string of the molecule is COCOc1c(C)cccc1CC(=O)O. The fourth-order valence-electron chi connectivity index (χ4n) is 1.34. The van der Waals surface area contributed by atoms with E-state index in [1.54, 1.807) is 6.07 Å². The molecule has 4 heteroatoms. The highest BCUT2D eigenvalue weighted by Gasteiger charge is 2.09. The zero-order valence-electron chi connectivity index (χ0n) is 8.82. The molecule has 1 rings (SSSR count). The van der Waals surface area contributed by atoms with Crippen molar-refractivity contribution in [2.24, 2.45) is 0 Å². The number of carbonyl (C=O) groups is 1. The highest BCUT2D eigenvalue weighted by atomic mass is 16.7. The molecular formula is C11H14O4. The second-order valence-corrected chi connectivity index (χ2v) is 3.18. The molecule has 1 aromatic carbocycles. The lowest BCUT2D eigenvalue weighted by Gasteiger charge is -2.11. The number of aliphatic carboxylic acids is 1. The molecule has 0 radical (unpaired) electrons. The quantitative estimate of drug-likeness (QED) is 0.750. The van der Waals surface area contributed by atoms with Gasteiger partial charge >= 0.3 is 5.97 Å². The Morgan fingerprint density at radius 3 is 2.80 bits per heavy atom. The molecule has 0 heterocycles. The number of methoxy groups -OCH3 is 1. The first-order valence-corrected chi connectivity index (χ1v) is 4.57. The minimum atomic E-state index is -0.872. The summed E-state index contributed by atoms with van der Waals surface area (Å²) in [6, 6.07) is 5.43. The Kier molecular flexibility index (Phi) is 4.12. The van der Waals surface area contributed by atoms with E-state index in [0.717, 1.165) is 5.56 Å². The minimum Gasteiger partial charge on any atom is -0.481 e. The summed E-state index contributed by atoms with van der Waals surface area (Å²) in [5.41, 5.74) is 1.57. The molecule has 1 aromatic rings. The van der Waals surface area contributed by atoms with Crippen molar-refractivity contribution in [2.75, 3.05) is 13.9 Å². The van der Waals surface area contributed by atoms with Crippen molar-refractivity contribution < 1.29 is 19.4 Å². The summed E-state index contributed by atoms with van der Waals surface area (Å²) in [5, 5.41) is 8.72. The van der Waals surface area contributed by atoms with Crippen LogP contribution in [0.15, 0.2) is 18.2 Å². The first-order chi connectivity index (χ1) is 7.15. The molecule has 0 amide bonds. The maximum absolute atomic E-state index is 10.6. The number of aryl methyl sites for hydroxylation is 1. The third-order valence-electron chi connectivity index (χ3n) is 1.96. The van der Waals surface area contributed by atoms with Gasteiger partial charge in [0.25, 0.3) is 0 Å². The van der Waals surface area contributed by atoms with Crippen LogP contribution in [0.2, 0.25) is 0 Å². The lowest BCUT2D eigenvalue weighted by atomic mass is 10.1. The molecule has 0 saturated heterocycles. The van der Waals surface area contributed by atoms with Gasteiger partial charge in [0.05, 0.1) is 6.42 Å². The van der Waals surface area contributed by atoms with Gasteiger partial charge in [-0.2, -0.15) is 0 Å².